The first-order chi connectivity index (χ1) is 7.99. The summed E-state index contributed by atoms with van der Waals surface area (Å²) in [5.74, 6) is 0.770. The van der Waals surface area contributed by atoms with Crippen molar-refractivity contribution >= 4 is 5.97 Å². The number of rotatable bonds is 4. The van der Waals surface area contributed by atoms with Gasteiger partial charge in [0.1, 0.15) is 0 Å². The molecule has 1 rings (SSSR count). The van der Waals surface area contributed by atoms with Crippen LogP contribution in [-0.2, 0) is 4.79 Å². The molecule has 0 radical (unpaired) electrons. The Balaban J connectivity index is 2.44. The lowest BCUT2D eigenvalue weighted by molar-refractivity contribution is -0.131. The van der Waals surface area contributed by atoms with Gasteiger partial charge in [-0.05, 0) is 51.1 Å². The normalized spacial score (nSPS) is 23.8. The number of hydrogen-bond donors (Lipinski definition) is 1. The van der Waals surface area contributed by atoms with Crippen molar-refractivity contribution in [3.8, 4) is 0 Å². The van der Waals surface area contributed by atoms with Crippen LogP contribution in [0.5, 0.6) is 0 Å². The molecule has 3 nitrogen and oxygen atoms in total. The fourth-order valence-corrected chi connectivity index (χ4v) is 2.62. The van der Waals surface area contributed by atoms with Crippen LogP contribution in [0.15, 0.2) is 11.6 Å². The van der Waals surface area contributed by atoms with Crippen LogP contribution in [0.25, 0.3) is 0 Å². The van der Waals surface area contributed by atoms with Crippen molar-refractivity contribution in [1.82, 2.24) is 4.90 Å². The topological polar surface area (TPSA) is 40.5 Å². The van der Waals surface area contributed by atoms with Crippen LogP contribution in [0.1, 0.15) is 40.0 Å². The van der Waals surface area contributed by atoms with E-state index in [4.69, 9.17) is 5.11 Å². The van der Waals surface area contributed by atoms with Crippen LogP contribution in [-0.4, -0.2) is 35.6 Å². The average Bonchev–Trinajstić information content (AvgIpc) is 2.41. The van der Waals surface area contributed by atoms with Crippen molar-refractivity contribution in [2.75, 3.05) is 19.6 Å². The minimum atomic E-state index is -0.836. The molecule has 0 aromatic rings. The largest absolute Gasteiger partial charge is 0.478 e. The summed E-state index contributed by atoms with van der Waals surface area (Å²) in [6, 6.07) is 0. The zero-order valence-corrected chi connectivity index (χ0v) is 11.3. The van der Waals surface area contributed by atoms with Crippen LogP contribution in [0.3, 0.4) is 0 Å². The van der Waals surface area contributed by atoms with Crippen LogP contribution in [0, 0.1) is 11.8 Å². The van der Waals surface area contributed by atoms with E-state index >= 15 is 0 Å². The average molecular weight is 239 g/mol. The van der Waals surface area contributed by atoms with Gasteiger partial charge in [-0.2, -0.15) is 0 Å². The molecule has 1 aliphatic heterocycles. The number of carboxylic acids is 1. The molecule has 0 aromatic heterocycles. The van der Waals surface area contributed by atoms with Crippen molar-refractivity contribution in [3.63, 3.8) is 0 Å². The van der Waals surface area contributed by atoms with Gasteiger partial charge in [0.05, 0.1) is 0 Å². The molecule has 0 spiro atoms. The molecule has 17 heavy (non-hydrogen) atoms. The van der Waals surface area contributed by atoms with Crippen LogP contribution < -0.4 is 0 Å². The molecule has 0 bridgehead atoms. The predicted molar refractivity (Wildman–Crippen MR) is 70.0 cm³/mol. The standard InChI is InChI=1S/C14H25NO2/c1-11(2)13-5-4-7-15(8-6-13)10-12(3)9-14(16)17/h9,11,13H,4-8,10H2,1-3H3,(H,16,17). The third-order valence-corrected chi connectivity index (χ3v) is 3.65. The maximum Gasteiger partial charge on any atom is 0.328 e. The van der Waals surface area contributed by atoms with Crippen molar-refractivity contribution < 1.29 is 9.90 Å². The van der Waals surface area contributed by atoms with Gasteiger partial charge in [0, 0.05) is 12.6 Å². The highest BCUT2D eigenvalue weighted by atomic mass is 16.4. The predicted octanol–water partition coefficient (Wildman–Crippen LogP) is 2.78. The first-order valence-electron chi connectivity index (χ1n) is 6.61. The van der Waals surface area contributed by atoms with E-state index in [0.717, 1.165) is 37.0 Å². The van der Waals surface area contributed by atoms with E-state index in [1.807, 2.05) is 6.92 Å². The van der Waals surface area contributed by atoms with E-state index in [1.54, 1.807) is 0 Å². The minimum absolute atomic E-state index is 0.769. The van der Waals surface area contributed by atoms with E-state index < -0.39 is 5.97 Å². The van der Waals surface area contributed by atoms with Crippen LogP contribution in [0.2, 0.25) is 0 Å². The van der Waals surface area contributed by atoms with E-state index in [-0.39, 0.29) is 0 Å². The summed E-state index contributed by atoms with van der Waals surface area (Å²) in [7, 11) is 0. The number of hydrogen-bond acceptors (Lipinski definition) is 2. The number of aliphatic carboxylic acids is 1. The van der Waals surface area contributed by atoms with Gasteiger partial charge >= 0.3 is 5.97 Å². The number of nitrogens with zero attached hydrogens (tertiary/aromatic N) is 1. The number of likely N-dealkylation sites (tertiary alicyclic amines) is 1. The third kappa shape index (κ3) is 5.35. The summed E-state index contributed by atoms with van der Waals surface area (Å²) in [4.78, 5) is 13.0. The Hall–Kier alpha value is -0.830. The molecule has 1 unspecified atom stereocenters. The molecule has 1 aliphatic rings. The Kier molecular flexibility index (Phi) is 5.69. The summed E-state index contributed by atoms with van der Waals surface area (Å²) in [6.45, 7) is 9.52. The van der Waals surface area contributed by atoms with Gasteiger partial charge in [0.15, 0.2) is 0 Å². The minimum Gasteiger partial charge on any atom is -0.478 e. The molecule has 98 valence electrons. The molecule has 1 atom stereocenters. The SMILES string of the molecule is CC(=CC(=O)O)CN1CCCC(C(C)C)CC1. The highest BCUT2D eigenvalue weighted by Crippen LogP contribution is 2.24. The molecule has 0 aromatic carbocycles. The van der Waals surface area contributed by atoms with E-state index in [1.165, 1.54) is 25.3 Å². The van der Waals surface area contributed by atoms with Crippen molar-refractivity contribution in [2.24, 2.45) is 11.8 Å². The summed E-state index contributed by atoms with van der Waals surface area (Å²) in [6.07, 6.45) is 5.13. The Morgan fingerprint density at radius 2 is 2.12 bits per heavy atom. The van der Waals surface area contributed by atoms with Crippen LogP contribution in [0.4, 0.5) is 0 Å². The first kappa shape index (κ1) is 14.2. The highest BCUT2D eigenvalue weighted by molar-refractivity contribution is 5.80. The summed E-state index contributed by atoms with van der Waals surface area (Å²) < 4.78 is 0. The molecule has 1 fully saturated rings. The lowest BCUT2D eigenvalue weighted by atomic mass is 9.89. The van der Waals surface area contributed by atoms with Gasteiger partial charge in [0.25, 0.3) is 0 Å². The van der Waals surface area contributed by atoms with E-state index in [0.29, 0.717) is 0 Å². The molecule has 1 N–H and O–H groups in total. The fraction of sp³-hybridized carbons (Fsp3) is 0.786. The number of carboxylic acid groups (broad SMARTS) is 1. The second-order valence-corrected chi connectivity index (χ2v) is 5.54. The molecular formula is C14H25NO2. The van der Waals surface area contributed by atoms with Crippen molar-refractivity contribution in [3.05, 3.63) is 11.6 Å². The second-order valence-electron chi connectivity index (χ2n) is 5.54. The molecule has 1 saturated heterocycles. The molecule has 0 aliphatic carbocycles. The van der Waals surface area contributed by atoms with Gasteiger partial charge in [0.2, 0.25) is 0 Å². The summed E-state index contributed by atoms with van der Waals surface area (Å²) in [5.41, 5.74) is 0.945. The van der Waals surface area contributed by atoms with Gasteiger partial charge < -0.3 is 5.11 Å². The Morgan fingerprint density at radius 3 is 2.71 bits per heavy atom. The lowest BCUT2D eigenvalue weighted by Gasteiger charge is -2.21. The zero-order chi connectivity index (χ0) is 12.8. The first-order valence-corrected chi connectivity index (χ1v) is 6.61. The maximum atomic E-state index is 10.6. The van der Waals surface area contributed by atoms with Gasteiger partial charge in [-0.1, -0.05) is 19.4 Å². The van der Waals surface area contributed by atoms with Crippen molar-refractivity contribution in [2.45, 2.75) is 40.0 Å². The molecular weight excluding hydrogens is 214 g/mol. The third-order valence-electron chi connectivity index (χ3n) is 3.65. The second kappa shape index (κ2) is 6.80. The monoisotopic (exact) mass is 239 g/mol. The smallest absolute Gasteiger partial charge is 0.328 e. The van der Waals surface area contributed by atoms with E-state index in [2.05, 4.69) is 18.7 Å². The zero-order valence-electron chi connectivity index (χ0n) is 11.3. The molecule has 0 saturated carbocycles. The highest BCUT2D eigenvalue weighted by Gasteiger charge is 2.19. The Labute approximate surface area is 105 Å². The Bertz CT molecular complexity index is 284. The quantitative estimate of drug-likeness (QED) is 0.767. The van der Waals surface area contributed by atoms with Crippen molar-refractivity contribution in [1.29, 1.82) is 0 Å². The molecule has 0 amide bonds. The molecule has 1 heterocycles. The van der Waals surface area contributed by atoms with Crippen LogP contribution >= 0.6 is 0 Å². The fourth-order valence-electron chi connectivity index (χ4n) is 2.62. The summed E-state index contributed by atoms with van der Waals surface area (Å²) >= 11 is 0. The molecule has 3 heteroatoms. The Morgan fingerprint density at radius 1 is 1.41 bits per heavy atom. The van der Waals surface area contributed by atoms with Gasteiger partial charge in [-0.15, -0.1) is 0 Å². The number of carbonyl (C=O) groups is 1. The van der Waals surface area contributed by atoms with Gasteiger partial charge in [-0.25, -0.2) is 4.79 Å². The van der Waals surface area contributed by atoms with Gasteiger partial charge in [-0.3, -0.25) is 4.90 Å². The maximum absolute atomic E-state index is 10.6. The summed E-state index contributed by atoms with van der Waals surface area (Å²) in [5, 5.41) is 8.69. The van der Waals surface area contributed by atoms with E-state index in [9.17, 15) is 4.79 Å². The lowest BCUT2D eigenvalue weighted by Crippen LogP contribution is -2.27.